The van der Waals surface area contributed by atoms with Crippen molar-refractivity contribution in [2.75, 3.05) is 19.7 Å². The molecule has 3 N–H and O–H groups in total. The number of benzene rings is 1. The molecule has 1 unspecified atom stereocenters. The highest BCUT2D eigenvalue weighted by Crippen LogP contribution is 2.30. The molecule has 0 radical (unpaired) electrons. The number of hydrogen-bond acceptors (Lipinski definition) is 3. The summed E-state index contributed by atoms with van der Waals surface area (Å²) in [6.45, 7) is 4.00. The Morgan fingerprint density at radius 3 is 3.00 bits per heavy atom. The molecular weight excluding hydrogens is 242 g/mol. The predicted octanol–water partition coefficient (Wildman–Crippen LogP) is 1.53. The molecule has 1 aromatic carbocycles. The van der Waals surface area contributed by atoms with E-state index in [4.69, 9.17) is 15.2 Å². The second-order valence-corrected chi connectivity index (χ2v) is 4.50. The Morgan fingerprint density at radius 1 is 1.42 bits per heavy atom. The van der Waals surface area contributed by atoms with Gasteiger partial charge in [0.1, 0.15) is 6.61 Å². The molecule has 0 saturated carbocycles. The Morgan fingerprint density at radius 2 is 2.21 bits per heavy atom. The number of nitrogens with one attached hydrogen (secondary N) is 1. The summed E-state index contributed by atoms with van der Waals surface area (Å²) in [4.78, 5) is 4.27. The molecule has 2 rings (SSSR count). The van der Waals surface area contributed by atoms with Crippen molar-refractivity contribution in [1.82, 2.24) is 5.32 Å². The summed E-state index contributed by atoms with van der Waals surface area (Å²) in [7, 11) is 0. The minimum Gasteiger partial charge on any atom is -0.486 e. The van der Waals surface area contributed by atoms with Crippen molar-refractivity contribution in [3.8, 4) is 11.5 Å². The van der Waals surface area contributed by atoms with Gasteiger partial charge in [-0.15, -0.1) is 0 Å². The van der Waals surface area contributed by atoms with Crippen LogP contribution in [0.2, 0.25) is 0 Å². The normalized spacial score (nSPS) is 18.2. The number of aliphatic imine (C=N–C) groups is 1. The van der Waals surface area contributed by atoms with Crippen LogP contribution in [0.15, 0.2) is 29.3 Å². The third-order valence-electron chi connectivity index (χ3n) is 2.87. The molecule has 1 aliphatic heterocycles. The molecule has 5 heteroatoms. The van der Waals surface area contributed by atoms with E-state index >= 15 is 0 Å². The lowest BCUT2D eigenvalue weighted by Gasteiger charge is -2.25. The lowest BCUT2D eigenvalue weighted by atomic mass is 10.2. The maximum Gasteiger partial charge on any atom is 0.188 e. The summed E-state index contributed by atoms with van der Waals surface area (Å²) in [5.74, 6) is 2.03. The fourth-order valence-electron chi connectivity index (χ4n) is 1.80. The zero-order valence-electron chi connectivity index (χ0n) is 11.3. The van der Waals surface area contributed by atoms with E-state index in [0.29, 0.717) is 19.1 Å². The molecule has 1 aromatic rings. The van der Waals surface area contributed by atoms with Gasteiger partial charge in [0, 0.05) is 6.54 Å². The van der Waals surface area contributed by atoms with Crippen molar-refractivity contribution in [3.63, 3.8) is 0 Å². The molecule has 0 aliphatic carbocycles. The number of nitrogens with two attached hydrogens (primary N) is 1. The molecule has 1 heterocycles. The first-order chi connectivity index (χ1) is 9.29. The van der Waals surface area contributed by atoms with E-state index in [0.717, 1.165) is 30.9 Å². The molecule has 19 heavy (non-hydrogen) atoms. The molecule has 0 amide bonds. The largest absolute Gasteiger partial charge is 0.486 e. The van der Waals surface area contributed by atoms with E-state index in [-0.39, 0.29) is 6.10 Å². The standard InChI is InChI=1S/C14H21N3O2/c1-2-3-8-16-14(15)17-9-11-10-18-12-6-4-5-7-13(12)19-11/h4-7,11H,2-3,8-10H2,1H3,(H3,15,16,17). The van der Waals surface area contributed by atoms with Crippen molar-refractivity contribution in [3.05, 3.63) is 24.3 Å². The SMILES string of the molecule is CCCCNC(N)=NCC1COc2ccccc2O1. The van der Waals surface area contributed by atoms with Crippen LogP contribution in [0.3, 0.4) is 0 Å². The minimum absolute atomic E-state index is 0.0820. The molecule has 0 aromatic heterocycles. The van der Waals surface area contributed by atoms with Crippen LogP contribution in [0.4, 0.5) is 0 Å². The van der Waals surface area contributed by atoms with Crippen molar-refractivity contribution in [2.45, 2.75) is 25.9 Å². The highest BCUT2D eigenvalue weighted by atomic mass is 16.6. The topological polar surface area (TPSA) is 68.9 Å². The first-order valence-electron chi connectivity index (χ1n) is 6.72. The van der Waals surface area contributed by atoms with E-state index in [1.165, 1.54) is 0 Å². The van der Waals surface area contributed by atoms with Gasteiger partial charge < -0.3 is 20.5 Å². The molecule has 0 saturated heterocycles. The van der Waals surface area contributed by atoms with Crippen LogP contribution in [0.1, 0.15) is 19.8 Å². The Balaban J connectivity index is 1.80. The third-order valence-corrected chi connectivity index (χ3v) is 2.87. The minimum atomic E-state index is -0.0820. The van der Waals surface area contributed by atoms with Crippen LogP contribution in [0.25, 0.3) is 0 Å². The number of rotatable bonds is 5. The van der Waals surface area contributed by atoms with Gasteiger partial charge in [-0.25, -0.2) is 4.99 Å². The average molecular weight is 263 g/mol. The van der Waals surface area contributed by atoms with E-state index in [9.17, 15) is 0 Å². The Bertz CT molecular complexity index is 434. The van der Waals surface area contributed by atoms with Gasteiger partial charge in [0.05, 0.1) is 6.54 Å². The zero-order chi connectivity index (χ0) is 13.5. The summed E-state index contributed by atoms with van der Waals surface area (Å²) in [5.41, 5.74) is 5.77. The van der Waals surface area contributed by atoms with Crippen molar-refractivity contribution >= 4 is 5.96 Å². The monoisotopic (exact) mass is 263 g/mol. The first kappa shape index (κ1) is 13.5. The molecule has 104 valence electrons. The van der Waals surface area contributed by atoms with E-state index in [1.54, 1.807) is 0 Å². The number of unbranched alkanes of at least 4 members (excludes halogenated alkanes) is 1. The van der Waals surface area contributed by atoms with Crippen LogP contribution in [-0.4, -0.2) is 31.8 Å². The molecule has 0 fully saturated rings. The Hall–Kier alpha value is -1.91. The summed E-state index contributed by atoms with van der Waals surface area (Å²) in [6, 6.07) is 7.65. The van der Waals surface area contributed by atoms with Gasteiger partial charge in [0.2, 0.25) is 0 Å². The number of nitrogens with zero attached hydrogens (tertiary/aromatic N) is 1. The highest BCUT2D eigenvalue weighted by molar-refractivity contribution is 5.77. The summed E-state index contributed by atoms with van der Waals surface area (Å²) in [6.07, 6.45) is 2.14. The smallest absolute Gasteiger partial charge is 0.188 e. The first-order valence-corrected chi connectivity index (χ1v) is 6.72. The quantitative estimate of drug-likeness (QED) is 0.480. The Labute approximate surface area is 113 Å². The van der Waals surface area contributed by atoms with Crippen LogP contribution in [0, 0.1) is 0 Å². The van der Waals surface area contributed by atoms with Gasteiger partial charge in [0.25, 0.3) is 0 Å². The van der Waals surface area contributed by atoms with Gasteiger partial charge in [-0.2, -0.15) is 0 Å². The van der Waals surface area contributed by atoms with E-state index < -0.39 is 0 Å². The summed E-state index contributed by atoms with van der Waals surface area (Å²) >= 11 is 0. The van der Waals surface area contributed by atoms with E-state index in [1.807, 2.05) is 24.3 Å². The Kier molecular flexibility index (Phi) is 4.89. The molecule has 0 spiro atoms. The fourth-order valence-corrected chi connectivity index (χ4v) is 1.80. The fraction of sp³-hybridized carbons (Fsp3) is 0.500. The zero-order valence-corrected chi connectivity index (χ0v) is 11.3. The van der Waals surface area contributed by atoms with Crippen LogP contribution < -0.4 is 20.5 Å². The highest BCUT2D eigenvalue weighted by Gasteiger charge is 2.19. The maximum absolute atomic E-state index is 5.79. The lowest BCUT2D eigenvalue weighted by molar-refractivity contribution is 0.0971. The number of hydrogen-bond donors (Lipinski definition) is 2. The second kappa shape index (κ2) is 6.87. The maximum atomic E-state index is 5.79. The number of fused-ring (bicyclic) bond motifs is 1. The lowest BCUT2D eigenvalue weighted by Crippen LogP contribution is -2.36. The molecule has 1 atom stereocenters. The summed E-state index contributed by atoms with van der Waals surface area (Å²) < 4.78 is 11.4. The summed E-state index contributed by atoms with van der Waals surface area (Å²) in [5, 5.41) is 3.07. The number of guanidine groups is 1. The van der Waals surface area contributed by atoms with Gasteiger partial charge >= 0.3 is 0 Å². The van der Waals surface area contributed by atoms with Crippen LogP contribution in [0.5, 0.6) is 11.5 Å². The molecule has 0 bridgehead atoms. The average Bonchev–Trinajstić information content (AvgIpc) is 2.45. The van der Waals surface area contributed by atoms with Gasteiger partial charge in [-0.3, -0.25) is 0 Å². The van der Waals surface area contributed by atoms with Gasteiger partial charge in [-0.05, 0) is 18.6 Å². The molecule has 1 aliphatic rings. The van der Waals surface area contributed by atoms with Crippen LogP contribution in [-0.2, 0) is 0 Å². The number of ether oxygens (including phenoxy) is 2. The van der Waals surface area contributed by atoms with Crippen molar-refractivity contribution in [1.29, 1.82) is 0 Å². The van der Waals surface area contributed by atoms with Gasteiger partial charge in [0.15, 0.2) is 23.6 Å². The number of para-hydroxylation sites is 2. The van der Waals surface area contributed by atoms with E-state index in [2.05, 4.69) is 17.2 Å². The third kappa shape index (κ3) is 4.05. The molecule has 5 nitrogen and oxygen atoms in total. The molecular formula is C14H21N3O2. The van der Waals surface area contributed by atoms with Crippen molar-refractivity contribution in [2.24, 2.45) is 10.7 Å². The second-order valence-electron chi connectivity index (χ2n) is 4.50. The van der Waals surface area contributed by atoms with Gasteiger partial charge in [-0.1, -0.05) is 25.5 Å². The van der Waals surface area contributed by atoms with Crippen LogP contribution >= 0.6 is 0 Å². The van der Waals surface area contributed by atoms with Crippen molar-refractivity contribution < 1.29 is 9.47 Å². The predicted molar refractivity (Wildman–Crippen MR) is 75.8 cm³/mol.